The first-order chi connectivity index (χ1) is 16.9. The highest BCUT2D eigenvalue weighted by Crippen LogP contribution is 2.19. The van der Waals surface area contributed by atoms with Crippen LogP contribution in [-0.4, -0.2) is 29.7 Å². The van der Waals surface area contributed by atoms with Crippen LogP contribution >= 0.6 is 0 Å². The maximum Gasteiger partial charge on any atom is 0.287 e. The van der Waals surface area contributed by atoms with Crippen LogP contribution in [-0.2, 0) is 19.4 Å². The van der Waals surface area contributed by atoms with Crippen molar-refractivity contribution in [2.24, 2.45) is 0 Å². The van der Waals surface area contributed by atoms with Crippen LogP contribution in [0.4, 0.5) is 8.78 Å². The minimum absolute atomic E-state index is 0.0365. The molecule has 2 atom stereocenters. The minimum atomic E-state index is -1.02. The molecule has 1 heterocycles. The zero-order valence-corrected chi connectivity index (χ0v) is 19.4. The average molecular weight is 479 g/mol. The lowest BCUT2D eigenvalue weighted by molar-refractivity contribution is 0.0806. The number of carbonyl (C=O) groups excluding carboxylic acids is 1. The molecule has 7 heteroatoms. The highest BCUT2D eigenvalue weighted by Gasteiger charge is 2.24. The van der Waals surface area contributed by atoms with Crippen molar-refractivity contribution < 1.29 is 23.1 Å². The molecular weight excluding hydrogens is 450 g/mol. The van der Waals surface area contributed by atoms with E-state index in [1.54, 1.807) is 18.2 Å². The second-order valence-electron chi connectivity index (χ2n) is 8.58. The van der Waals surface area contributed by atoms with Crippen molar-refractivity contribution >= 4 is 16.9 Å². The summed E-state index contributed by atoms with van der Waals surface area (Å²) >= 11 is 0. The molecule has 3 aromatic carbocycles. The van der Waals surface area contributed by atoms with Crippen molar-refractivity contribution in [3.63, 3.8) is 0 Å². The highest BCUT2D eigenvalue weighted by molar-refractivity contribution is 5.96. The van der Waals surface area contributed by atoms with E-state index >= 15 is 0 Å². The van der Waals surface area contributed by atoms with Gasteiger partial charge in [0.25, 0.3) is 5.91 Å². The Kier molecular flexibility index (Phi) is 7.90. The Bertz CT molecular complexity index is 1250. The molecule has 0 unspecified atom stereocenters. The van der Waals surface area contributed by atoms with Gasteiger partial charge in [0.1, 0.15) is 17.2 Å². The van der Waals surface area contributed by atoms with Gasteiger partial charge in [0.15, 0.2) is 5.76 Å². The van der Waals surface area contributed by atoms with E-state index in [1.807, 2.05) is 24.3 Å². The molecule has 1 aromatic heterocycles. The molecule has 0 fully saturated rings. The number of para-hydroxylation sites is 1. The molecule has 5 nitrogen and oxygen atoms in total. The number of nitrogens with one attached hydrogen (secondary N) is 2. The summed E-state index contributed by atoms with van der Waals surface area (Å²) in [6, 6.07) is 19.3. The van der Waals surface area contributed by atoms with Crippen LogP contribution in [0, 0.1) is 11.6 Å². The fourth-order valence-corrected chi connectivity index (χ4v) is 4.07. The molecule has 0 bridgehead atoms. The second-order valence-corrected chi connectivity index (χ2v) is 8.58. The number of fused-ring (bicyclic) bond motifs is 1. The highest BCUT2D eigenvalue weighted by atomic mass is 19.1. The zero-order chi connectivity index (χ0) is 24.8. The van der Waals surface area contributed by atoms with Crippen LogP contribution in [0.1, 0.15) is 34.2 Å². The number of halogens is 2. The number of rotatable bonds is 10. The lowest BCUT2D eigenvalue weighted by atomic mass is 10.00. The maximum absolute atomic E-state index is 13.8. The summed E-state index contributed by atoms with van der Waals surface area (Å²) < 4.78 is 33.2. The van der Waals surface area contributed by atoms with Gasteiger partial charge in [0.05, 0.1) is 12.1 Å². The summed E-state index contributed by atoms with van der Waals surface area (Å²) in [5.74, 6) is -1.85. The Hall–Kier alpha value is -3.55. The normalized spacial score (nSPS) is 13.0. The van der Waals surface area contributed by atoms with Gasteiger partial charge in [-0.15, -0.1) is 0 Å². The van der Waals surface area contributed by atoms with Gasteiger partial charge in [-0.2, -0.15) is 0 Å². The first-order valence-corrected chi connectivity index (χ1v) is 11.6. The van der Waals surface area contributed by atoms with Crippen LogP contribution in [0.2, 0.25) is 0 Å². The van der Waals surface area contributed by atoms with E-state index in [2.05, 4.69) is 29.7 Å². The average Bonchev–Trinajstić information content (AvgIpc) is 3.28. The van der Waals surface area contributed by atoms with Crippen LogP contribution in [0.5, 0.6) is 0 Å². The summed E-state index contributed by atoms with van der Waals surface area (Å²) in [5.41, 5.74) is 3.19. The summed E-state index contributed by atoms with van der Waals surface area (Å²) in [6.45, 7) is 2.78. The van der Waals surface area contributed by atoms with Crippen molar-refractivity contribution in [1.82, 2.24) is 10.6 Å². The molecule has 0 aliphatic heterocycles. The predicted octanol–water partition coefficient (Wildman–Crippen LogP) is 4.77. The largest absolute Gasteiger partial charge is 0.451 e. The lowest BCUT2D eigenvalue weighted by Gasteiger charge is -2.24. The molecule has 35 heavy (non-hydrogen) atoms. The van der Waals surface area contributed by atoms with Gasteiger partial charge >= 0.3 is 0 Å². The van der Waals surface area contributed by atoms with Crippen LogP contribution < -0.4 is 10.6 Å². The molecule has 4 rings (SSSR count). The number of furan rings is 1. The standard InChI is InChI=1S/C28H28F2N2O3/c1-2-18-6-5-7-19(10-18)16-31-17-25(33)24(13-20-11-22(29)15-23(30)12-20)32-28(34)27-14-21-8-3-4-9-26(21)35-27/h3-12,14-15,24-25,31,33H,2,13,16-17H2,1H3,(H,32,34)/t24-,25+/m0/s1. The number of benzene rings is 3. The molecule has 0 saturated carbocycles. The number of amides is 1. The first kappa shape index (κ1) is 24.6. The number of aliphatic hydroxyl groups is 1. The van der Waals surface area contributed by atoms with Gasteiger partial charge in [-0.3, -0.25) is 4.79 Å². The van der Waals surface area contributed by atoms with Crippen LogP contribution in [0.25, 0.3) is 11.0 Å². The van der Waals surface area contributed by atoms with Crippen molar-refractivity contribution in [2.45, 2.75) is 38.5 Å². The molecule has 1 amide bonds. The summed E-state index contributed by atoms with van der Waals surface area (Å²) in [7, 11) is 0. The van der Waals surface area contributed by atoms with Gasteiger partial charge in [0, 0.05) is 24.5 Å². The summed E-state index contributed by atoms with van der Waals surface area (Å²) in [6.07, 6.45) is -0.0604. The fourth-order valence-electron chi connectivity index (χ4n) is 4.07. The van der Waals surface area contributed by atoms with Crippen LogP contribution in [0.3, 0.4) is 0 Å². The van der Waals surface area contributed by atoms with Crippen molar-refractivity contribution in [3.05, 3.63) is 107 Å². The topological polar surface area (TPSA) is 74.5 Å². The molecule has 3 N–H and O–H groups in total. The van der Waals surface area contributed by atoms with Gasteiger partial charge in [-0.1, -0.05) is 49.4 Å². The maximum atomic E-state index is 13.8. The predicted molar refractivity (Wildman–Crippen MR) is 131 cm³/mol. The van der Waals surface area contributed by atoms with Gasteiger partial charge in [-0.25, -0.2) is 8.78 Å². The molecule has 4 aromatic rings. The molecule has 0 saturated heterocycles. The molecule has 0 aliphatic carbocycles. The third-order valence-corrected chi connectivity index (χ3v) is 5.89. The zero-order valence-electron chi connectivity index (χ0n) is 19.4. The molecular formula is C28H28F2N2O3. The fraction of sp³-hybridized carbons (Fsp3) is 0.250. The number of aryl methyl sites for hydroxylation is 1. The van der Waals surface area contributed by atoms with Crippen molar-refractivity contribution in [2.75, 3.05) is 6.54 Å². The van der Waals surface area contributed by atoms with E-state index in [0.29, 0.717) is 17.7 Å². The Morgan fingerprint density at radius 2 is 1.69 bits per heavy atom. The Labute approximate surface area is 202 Å². The number of hydrogen-bond acceptors (Lipinski definition) is 4. The molecule has 0 spiro atoms. The van der Waals surface area contributed by atoms with Crippen molar-refractivity contribution in [1.29, 1.82) is 0 Å². The van der Waals surface area contributed by atoms with E-state index in [-0.39, 0.29) is 18.7 Å². The number of carbonyl (C=O) groups is 1. The second kappa shape index (κ2) is 11.3. The SMILES string of the molecule is CCc1cccc(CNC[C@@H](O)[C@H](Cc2cc(F)cc(F)c2)NC(=O)c2cc3ccccc3o2)c1. The van der Waals surface area contributed by atoms with E-state index in [4.69, 9.17) is 4.42 Å². The Morgan fingerprint density at radius 3 is 2.43 bits per heavy atom. The minimum Gasteiger partial charge on any atom is -0.451 e. The van der Waals surface area contributed by atoms with Gasteiger partial charge in [0.2, 0.25) is 0 Å². The van der Waals surface area contributed by atoms with Gasteiger partial charge in [-0.05, 0) is 53.8 Å². The molecule has 0 aliphatic rings. The lowest BCUT2D eigenvalue weighted by Crippen LogP contribution is -2.48. The summed E-state index contributed by atoms with van der Waals surface area (Å²) in [5, 5.41) is 17.7. The number of aliphatic hydroxyl groups excluding tert-OH is 1. The third kappa shape index (κ3) is 6.53. The van der Waals surface area contributed by atoms with Crippen LogP contribution in [0.15, 0.2) is 77.2 Å². The van der Waals surface area contributed by atoms with E-state index < -0.39 is 29.7 Å². The van der Waals surface area contributed by atoms with E-state index in [0.717, 1.165) is 23.4 Å². The Balaban J connectivity index is 1.47. The number of hydrogen-bond donors (Lipinski definition) is 3. The third-order valence-electron chi connectivity index (χ3n) is 5.89. The molecule has 0 radical (unpaired) electrons. The first-order valence-electron chi connectivity index (χ1n) is 11.6. The Morgan fingerprint density at radius 1 is 0.943 bits per heavy atom. The summed E-state index contributed by atoms with van der Waals surface area (Å²) in [4.78, 5) is 12.9. The van der Waals surface area contributed by atoms with E-state index in [9.17, 15) is 18.7 Å². The van der Waals surface area contributed by atoms with Crippen molar-refractivity contribution in [3.8, 4) is 0 Å². The smallest absolute Gasteiger partial charge is 0.287 e. The molecule has 182 valence electrons. The quantitative estimate of drug-likeness (QED) is 0.307. The van der Waals surface area contributed by atoms with Gasteiger partial charge < -0.3 is 20.2 Å². The van der Waals surface area contributed by atoms with E-state index in [1.165, 1.54) is 17.7 Å². The monoisotopic (exact) mass is 478 g/mol.